The number of nitrogens with zero attached hydrogens (tertiary/aromatic N) is 1. The van der Waals surface area contributed by atoms with Gasteiger partial charge in [-0.25, -0.2) is 0 Å². The molecule has 1 aromatic carbocycles. The summed E-state index contributed by atoms with van der Waals surface area (Å²) in [4.78, 5) is 2.52. The molecule has 1 aliphatic rings. The van der Waals surface area contributed by atoms with E-state index < -0.39 is 0 Å². The van der Waals surface area contributed by atoms with E-state index in [4.69, 9.17) is 0 Å². The molecule has 1 aliphatic heterocycles. The maximum absolute atomic E-state index is 3.94. The Balaban J connectivity index is 2.04. The largest absolute Gasteiger partial charge is 0.364 e. The molecule has 1 nitrogen and oxygen atoms in total. The predicted octanol–water partition coefficient (Wildman–Crippen LogP) is 5.35. The number of hydrogen-bond donors (Lipinski definition) is 0. The molecule has 0 aromatic heterocycles. The van der Waals surface area contributed by atoms with Crippen LogP contribution in [-0.4, -0.2) is 12.6 Å². The summed E-state index contributed by atoms with van der Waals surface area (Å²) < 4.78 is 0. The van der Waals surface area contributed by atoms with Gasteiger partial charge in [0.2, 0.25) is 0 Å². The smallest absolute Gasteiger partial charge is 0.0371 e. The van der Waals surface area contributed by atoms with Gasteiger partial charge in [-0.2, -0.15) is 0 Å². The molecule has 1 heterocycles. The summed E-state index contributed by atoms with van der Waals surface area (Å²) in [6.45, 7) is 7.25. The van der Waals surface area contributed by atoms with Gasteiger partial charge in [-0.05, 0) is 37.8 Å². The fraction of sp³-hybridized carbons (Fsp3) is 0.474. The lowest BCUT2D eigenvalue weighted by Gasteiger charge is -2.37. The van der Waals surface area contributed by atoms with Gasteiger partial charge in [0.25, 0.3) is 0 Å². The normalized spacial score (nSPS) is 18.8. The van der Waals surface area contributed by atoms with Gasteiger partial charge in [0.15, 0.2) is 0 Å². The van der Waals surface area contributed by atoms with Crippen LogP contribution in [0.4, 0.5) is 5.69 Å². The molecule has 0 bridgehead atoms. The van der Waals surface area contributed by atoms with Crippen LogP contribution in [0.2, 0.25) is 0 Å². The quantitative estimate of drug-likeness (QED) is 0.476. The van der Waals surface area contributed by atoms with Gasteiger partial charge in [-0.3, -0.25) is 0 Å². The first-order valence-corrected chi connectivity index (χ1v) is 7.95. The lowest BCUT2D eigenvalue weighted by Crippen LogP contribution is -2.38. The van der Waals surface area contributed by atoms with Gasteiger partial charge in [-0.1, -0.05) is 55.7 Å². The van der Waals surface area contributed by atoms with Crippen molar-refractivity contribution in [2.45, 2.75) is 51.5 Å². The van der Waals surface area contributed by atoms with Crippen molar-refractivity contribution in [1.29, 1.82) is 0 Å². The molecule has 0 amide bonds. The third-order valence-corrected chi connectivity index (χ3v) is 4.14. The summed E-state index contributed by atoms with van der Waals surface area (Å²) in [5, 5.41) is 0. The van der Waals surface area contributed by atoms with Crippen LogP contribution in [0.15, 0.2) is 54.6 Å². The van der Waals surface area contributed by atoms with Gasteiger partial charge >= 0.3 is 0 Å². The maximum Gasteiger partial charge on any atom is 0.0371 e. The fourth-order valence-corrected chi connectivity index (χ4v) is 3.02. The Morgan fingerprint density at radius 3 is 2.75 bits per heavy atom. The minimum atomic E-state index is 0.580. The Bertz CT molecular complexity index is 432. The molecule has 1 atom stereocenters. The molecular formula is C19H27N. The summed E-state index contributed by atoms with van der Waals surface area (Å²) in [5.41, 5.74) is 2.99. The first-order chi connectivity index (χ1) is 9.85. The van der Waals surface area contributed by atoms with Crippen LogP contribution in [0.25, 0.3) is 0 Å². The van der Waals surface area contributed by atoms with Crippen molar-refractivity contribution in [2.75, 3.05) is 11.4 Å². The molecule has 0 saturated heterocycles. The molecule has 0 radical (unpaired) electrons. The summed E-state index contributed by atoms with van der Waals surface area (Å²) in [6.07, 6.45) is 12.1. The van der Waals surface area contributed by atoms with Gasteiger partial charge in [-0.15, -0.1) is 6.58 Å². The molecule has 108 valence electrons. The van der Waals surface area contributed by atoms with Gasteiger partial charge < -0.3 is 4.90 Å². The monoisotopic (exact) mass is 269 g/mol. The van der Waals surface area contributed by atoms with E-state index in [1.165, 1.54) is 37.8 Å². The zero-order chi connectivity index (χ0) is 14.2. The van der Waals surface area contributed by atoms with Crippen molar-refractivity contribution >= 4 is 5.69 Å². The van der Waals surface area contributed by atoms with Crippen LogP contribution in [0, 0.1) is 0 Å². The van der Waals surface area contributed by atoms with Gasteiger partial charge in [0, 0.05) is 18.3 Å². The van der Waals surface area contributed by atoms with Crippen LogP contribution in [0.1, 0.15) is 45.4 Å². The van der Waals surface area contributed by atoms with Gasteiger partial charge in [0.1, 0.15) is 0 Å². The Morgan fingerprint density at radius 1 is 1.25 bits per heavy atom. The molecule has 0 N–H and O–H groups in total. The molecule has 0 fully saturated rings. The Labute approximate surface area is 124 Å². The first-order valence-electron chi connectivity index (χ1n) is 7.95. The zero-order valence-corrected chi connectivity index (χ0v) is 12.7. The lowest BCUT2D eigenvalue weighted by molar-refractivity contribution is 0.565. The minimum Gasteiger partial charge on any atom is -0.364 e. The van der Waals surface area contributed by atoms with E-state index in [0.29, 0.717) is 6.04 Å². The molecule has 1 aromatic rings. The van der Waals surface area contributed by atoms with Crippen molar-refractivity contribution in [3.05, 3.63) is 54.6 Å². The molecule has 2 rings (SSSR count). The second kappa shape index (κ2) is 7.94. The van der Waals surface area contributed by atoms with Crippen LogP contribution < -0.4 is 4.90 Å². The summed E-state index contributed by atoms with van der Waals surface area (Å²) >= 11 is 0. The SMILES string of the molecule is C=CCC1CC(CCCCC)=CCN1c1ccccc1. The van der Waals surface area contributed by atoms with Gasteiger partial charge in [0.05, 0.1) is 0 Å². The third-order valence-electron chi connectivity index (χ3n) is 4.14. The molecule has 0 aliphatic carbocycles. The van der Waals surface area contributed by atoms with Crippen LogP contribution in [-0.2, 0) is 0 Å². The lowest BCUT2D eigenvalue weighted by atomic mass is 9.93. The number of hydrogen-bond acceptors (Lipinski definition) is 1. The van der Waals surface area contributed by atoms with E-state index in [1.807, 2.05) is 0 Å². The average Bonchev–Trinajstić information content (AvgIpc) is 2.49. The number of anilines is 1. The molecule has 0 spiro atoms. The Kier molecular flexibility index (Phi) is 5.91. The van der Waals surface area contributed by atoms with E-state index >= 15 is 0 Å². The van der Waals surface area contributed by atoms with Crippen molar-refractivity contribution in [3.63, 3.8) is 0 Å². The topological polar surface area (TPSA) is 3.24 Å². The van der Waals surface area contributed by atoms with E-state index in [-0.39, 0.29) is 0 Å². The highest BCUT2D eigenvalue weighted by Gasteiger charge is 2.22. The number of unbranched alkanes of at least 4 members (excludes halogenated alkanes) is 2. The fourth-order valence-electron chi connectivity index (χ4n) is 3.02. The summed E-state index contributed by atoms with van der Waals surface area (Å²) in [6, 6.07) is 11.3. The van der Waals surface area contributed by atoms with Crippen molar-refractivity contribution in [2.24, 2.45) is 0 Å². The molecular weight excluding hydrogens is 242 g/mol. The van der Waals surface area contributed by atoms with E-state index in [9.17, 15) is 0 Å². The minimum absolute atomic E-state index is 0.580. The van der Waals surface area contributed by atoms with Crippen LogP contribution >= 0.6 is 0 Å². The first kappa shape index (κ1) is 14.9. The highest BCUT2D eigenvalue weighted by molar-refractivity contribution is 5.49. The average molecular weight is 269 g/mol. The highest BCUT2D eigenvalue weighted by atomic mass is 15.2. The van der Waals surface area contributed by atoms with Crippen molar-refractivity contribution in [1.82, 2.24) is 0 Å². The molecule has 1 unspecified atom stereocenters. The predicted molar refractivity (Wildman–Crippen MR) is 89.2 cm³/mol. The van der Waals surface area contributed by atoms with Crippen molar-refractivity contribution < 1.29 is 0 Å². The van der Waals surface area contributed by atoms with Crippen LogP contribution in [0.5, 0.6) is 0 Å². The maximum atomic E-state index is 3.94. The molecule has 20 heavy (non-hydrogen) atoms. The van der Waals surface area contributed by atoms with E-state index in [0.717, 1.165) is 13.0 Å². The number of para-hydroxylation sites is 1. The third kappa shape index (κ3) is 4.00. The van der Waals surface area contributed by atoms with E-state index in [2.05, 4.69) is 60.9 Å². The zero-order valence-electron chi connectivity index (χ0n) is 12.7. The summed E-state index contributed by atoms with van der Waals surface area (Å²) in [7, 11) is 0. The van der Waals surface area contributed by atoms with Crippen LogP contribution in [0.3, 0.4) is 0 Å². The Hall–Kier alpha value is -1.50. The molecule has 0 saturated carbocycles. The number of benzene rings is 1. The Morgan fingerprint density at radius 2 is 2.05 bits per heavy atom. The summed E-state index contributed by atoms with van der Waals surface area (Å²) in [5.74, 6) is 0. The highest BCUT2D eigenvalue weighted by Crippen LogP contribution is 2.28. The molecule has 1 heteroatoms. The van der Waals surface area contributed by atoms with E-state index in [1.54, 1.807) is 5.57 Å². The second-order valence-electron chi connectivity index (χ2n) is 5.69. The second-order valence-corrected chi connectivity index (χ2v) is 5.69. The number of rotatable bonds is 7. The standard InChI is InChI=1S/C19H27N/c1-3-5-7-11-17-14-15-20(19(16-17)10-4-2)18-12-8-6-9-13-18/h4,6,8-9,12-14,19H,2-3,5,7,10-11,15-16H2,1H3. The van der Waals surface area contributed by atoms with Crippen molar-refractivity contribution in [3.8, 4) is 0 Å².